The zero-order chi connectivity index (χ0) is 15.9. The minimum Gasteiger partial charge on any atom is -0.351 e. The second kappa shape index (κ2) is 8.36. The highest BCUT2D eigenvalue weighted by atomic mass is 19.4. The maximum atomic E-state index is 12.8. The smallest absolute Gasteiger partial charge is 0.351 e. The van der Waals surface area contributed by atoms with E-state index in [1.54, 1.807) is 6.07 Å². The molecule has 0 aromatic heterocycles. The number of halogens is 3. The minimum atomic E-state index is -4.36. The molecule has 0 spiro atoms. The van der Waals surface area contributed by atoms with Gasteiger partial charge in [0.25, 0.3) is 0 Å². The summed E-state index contributed by atoms with van der Waals surface area (Å²) in [5, 5.41) is 3.13. The molecular formula is C15H22F3NO2. The van der Waals surface area contributed by atoms with Crippen LogP contribution in [0.4, 0.5) is 13.2 Å². The van der Waals surface area contributed by atoms with Gasteiger partial charge in [0.15, 0.2) is 6.29 Å². The molecule has 0 saturated carbocycles. The summed E-state index contributed by atoms with van der Waals surface area (Å²) in [7, 11) is 0. The average molecular weight is 305 g/mol. The maximum absolute atomic E-state index is 12.8. The molecular weight excluding hydrogens is 283 g/mol. The first kappa shape index (κ1) is 17.9. The van der Waals surface area contributed by atoms with E-state index in [-0.39, 0.29) is 0 Å². The largest absolute Gasteiger partial charge is 0.416 e. The van der Waals surface area contributed by atoms with Crippen LogP contribution in [0.5, 0.6) is 0 Å². The van der Waals surface area contributed by atoms with Gasteiger partial charge in [-0.2, -0.15) is 13.2 Å². The number of benzene rings is 1. The van der Waals surface area contributed by atoms with Crippen molar-refractivity contribution in [2.45, 2.75) is 39.3 Å². The van der Waals surface area contributed by atoms with Crippen molar-refractivity contribution in [2.24, 2.45) is 0 Å². The first-order chi connectivity index (χ1) is 9.93. The van der Waals surface area contributed by atoms with E-state index in [0.29, 0.717) is 25.3 Å². The lowest BCUT2D eigenvalue weighted by Crippen LogP contribution is -2.36. The van der Waals surface area contributed by atoms with Gasteiger partial charge in [-0.05, 0) is 38.1 Å². The molecule has 1 aromatic rings. The number of alkyl halides is 3. The van der Waals surface area contributed by atoms with E-state index < -0.39 is 24.1 Å². The van der Waals surface area contributed by atoms with Crippen molar-refractivity contribution in [3.05, 3.63) is 35.4 Å². The fourth-order valence-electron chi connectivity index (χ4n) is 2.07. The third-order valence-electron chi connectivity index (χ3n) is 2.93. The number of likely N-dealkylation sites (N-methyl/N-ethyl adjacent to an activating group) is 1. The van der Waals surface area contributed by atoms with Gasteiger partial charge in [-0.3, -0.25) is 0 Å². The molecule has 1 rings (SSSR count). The molecule has 0 aliphatic heterocycles. The topological polar surface area (TPSA) is 30.5 Å². The van der Waals surface area contributed by atoms with Crippen LogP contribution >= 0.6 is 0 Å². The van der Waals surface area contributed by atoms with E-state index in [4.69, 9.17) is 9.47 Å². The Morgan fingerprint density at radius 1 is 1.10 bits per heavy atom. The molecule has 0 fully saturated rings. The fourth-order valence-corrected chi connectivity index (χ4v) is 2.07. The minimum absolute atomic E-state index is 0.422. The summed E-state index contributed by atoms with van der Waals surface area (Å²) >= 11 is 0. The first-order valence-corrected chi connectivity index (χ1v) is 7.07. The van der Waals surface area contributed by atoms with Crippen molar-refractivity contribution >= 4 is 0 Å². The van der Waals surface area contributed by atoms with Gasteiger partial charge in [0.1, 0.15) is 0 Å². The Morgan fingerprint density at radius 2 is 1.71 bits per heavy atom. The molecule has 120 valence electrons. The number of rotatable bonds is 8. The second-order valence-corrected chi connectivity index (χ2v) is 4.44. The summed E-state index contributed by atoms with van der Waals surface area (Å²) in [5.41, 5.74) is -0.173. The highest BCUT2D eigenvalue weighted by Gasteiger charge is 2.32. The summed E-state index contributed by atoms with van der Waals surface area (Å²) < 4.78 is 49.5. The molecule has 1 aromatic carbocycles. The average Bonchev–Trinajstić information content (AvgIpc) is 2.44. The summed E-state index contributed by atoms with van der Waals surface area (Å²) in [4.78, 5) is 0. The molecule has 6 heteroatoms. The van der Waals surface area contributed by atoms with E-state index in [0.717, 1.165) is 12.1 Å². The van der Waals surface area contributed by atoms with Crippen molar-refractivity contribution in [3.63, 3.8) is 0 Å². The molecule has 0 saturated heterocycles. The number of hydrogen-bond acceptors (Lipinski definition) is 3. The molecule has 1 N–H and O–H groups in total. The Kier molecular flexibility index (Phi) is 7.14. The normalized spacial score (nSPS) is 13.7. The molecule has 1 atom stereocenters. The SMILES string of the molecule is CCNC(c1cccc(C(F)(F)F)c1)C(OCC)OCC. The second-order valence-electron chi connectivity index (χ2n) is 4.44. The molecule has 21 heavy (non-hydrogen) atoms. The van der Waals surface area contributed by atoms with Crippen LogP contribution in [0.1, 0.15) is 37.9 Å². The zero-order valence-corrected chi connectivity index (χ0v) is 12.5. The van der Waals surface area contributed by atoms with E-state index in [1.807, 2.05) is 20.8 Å². The fraction of sp³-hybridized carbons (Fsp3) is 0.600. The summed E-state index contributed by atoms with van der Waals surface area (Å²) in [6, 6.07) is 4.80. The van der Waals surface area contributed by atoms with Gasteiger partial charge in [0, 0.05) is 13.2 Å². The van der Waals surface area contributed by atoms with Gasteiger partial charge in [0.05, 0.1) is 11.6 Å². The van der Waals surface area contributed by atoms with Gasteiger partial charge in [-0.15, -0.1) is 0 Å². The van der Waals surface area contributed by atoms with Crippen LogP contribution in [0.15, 0.2) is 24.3 Å². The highest BCUT2D eigenvalue weighted by Crippen LogP contribution is 2.31. The van der Waals surface area contributed by atoms with Crippen molar-refractivity contribution < 1.29 is 22.6 Å². The van der Waals surface area contributed by atoms with E-state index in [9.17, 15) is 13.2 Å². The molecule has 0 bridgehead atoms. The zero-order valence-electron chi connectivity index (χ0n) is 12.5. The monoisotopic (exact) mass is 305 g/mol. The summed E-state index contributed by atoms with van der Waals surface area (Å²) in [6.45, 7) is 6.96. The third-order valence-corrected chi connectivity index (χ3v) is 2.93. The number of ether oxygens (including phenoxy) is 2. The van der Waals surface area contributed by atoms with E-state index in [2.05, 4.69) is 5.32 Å². The van der Waals surface area contributed by atoms with Crippen LogP contribution in [0.3, 0.4) is 0 Å². The summed E-state index contributed by atoms with van der Waals surface area (Å²) in [5.74, 6) is 0. The van der Waals surface area contributed by atoms with Gasteiger partial charge >= 0.3 is 6.18 Å². The van der Waals surface area contributed by atoms with Crippen LogP contribution in [-0.2, 0) is 15.7 Å². The first-order valence-electron chi connectivity index (χ1n) is 7.07. The molecule has 1 unspecified atom stereocenters. The van der Waals surface area contributed by atoms with Gasteiger partial charge in [0.2, 0.25) is 0 Å². The van der Waals surface area contributed by atoms with Crippen LogP contribution in [0.2, 0.25) is 0 Å². The lowest BCUT2D eigenvalue weighted by molar-refractivity contribution is -0.155. The number of nitrogens with one attached hydrogen (secondary N) is 1. The highest BCUT2D eigenvalue weighted by molar-refractivity contribution is 5.28. The van der Waals surface area contributed by atoms with Crippen LogP contribution in [-0.4, -0.2) is 26.0 Å². The van der Waals surface area contributed by atoms with Crippen molar-refractivity contribution in [3.8, 4) is 0 Å². The molecule has 0 heterocycles. The molecule has 3 nitrogen and oxygen atoms in total. The van der Waals surface area contributed by atoms with Crippen molar-refractivity contribution in [1.29, 1.82) is 0 Å². The predicted molar refractivity (Wildman–Crippen MR) is 74.9 cm³/mol. The maximum Gasteiger partial charge on any atom is 0.416 e. The van der Waals surface area contributed by atoms with Crippen molar-refractivity contribution in [2.75, 3.05) is 19.8 Å². The Labute approximate surface area is 123 Å². The number of hydrogen-bond donors (Lipinski definition) is 1. The Morgan fingerprint density at radius 3 is 2.19 bits per heavy atom. The molecule has 0 aliphatic carbocycles. The lowest BCUT2D eigenvalue weighted by atomic mass is 10.0. The Balaban J connectivity index is 3.08. The Bertz CT molecular complexity index is 418. The third kappa shape index (κ3) is 5.30. The van der Waals surface area contributed by atoms with Crippen molar-refractivity contribution in [1.82, 2.24) is 5.32 Å². The van der Waals surface area contributed by atoms with Gasteiger partial charge in [-0.1, -0.05) is 19.1 Å². The van der Waals surface area contributed by atoms with Gasteiger partial charge in [-0.25, -0.2) is 0 Å². The van der Waals surface area contributed by atoms with Gasteiger partial charge < -0.3 is 14.8 Å². The quantitative estimate of drug-likeness (QED) is 0.742. The Hall–Kier alpha value is -1.11. The van der Waals surface area contributed by atoms with Crippen LogP contribution < -0.4 is 5.32 Å². The molecule has 0 radical (unpaired) electrons. The predicted octanol–water partition coefficient (Wildman–Crippen LogP) is 3.76. The summed E-state index contributed by atoms with van der Waals surface area (Å²) in [6.07, 6.45) is -4.98. The van der Waals surface area contributed by atoms with E-state index in [1.165, 1.54) is 6.07 Å². The van der Waals surface area contributed by atoms with Crippen LogP contribution in [0.25, 0.3) is 0 Å². The molecule has 0 amide bonds. The standard InChI is InChI=1S/C15H22F3NO2/c1-4-19-13(14(20-5-2)21-6-3)11-8-7-9-12(10-11)15(16,17)18/h7-10,13-14,19H,4-6H2,1-3H3. The van der Waals surface area contributed by atoms with Crippen LogP contribution in [0, 0.1) is 0 Å². The lowest BCUT2D eigenvalue weighted by Gasteiger charge is -2.28. The van der Waals surface area contributed by atoms with E-state index >= 15 is 0 Å². The molecule has 0 aliphatic rings.